The Morgan fingerprint density at radius 2 is 0.677 bits per heavy atom. The molecular weight excluding hydrogens is 505 g/mol. The van der Waals surface area contributed by atoms with E-state index in [2.05, 4.69) is 148 Å². The van der Waals surface area contributed by atoms with Crippen molar-refractivity contribution in [2.75, 3.05) is 0 Å². The van der Waals surface area contributed by atoms with E-state index in [0.29, 0.717) is 0 Å². The number of benzene rings is 3. The molecule has 3 aliphatic carbocycles. The average molecular weight is 529 g/mol. The van der Waals surface area contributed by atoms with Gasteiger partial charge in [-0.25, -0.2) is 0 Å². The van der Waals surface area contributed by atoms with Gasteiger partial charge in [-0.1, -0.05) is 37.5 Å². The van der Waals surface area contributed by atoms with E-state index in [9.17, 15) is 0 Å². The molecule has 6 rings (SSSR count). The minimum atomic E-state index is 0. The molecule has 0 N–H and O–H groups in total. The van der Waals surface area contributed by atoms with Gasteiger partial charge in [-0.15, -0.1) is 89.5 Å². The number of rotatable bonds is 0. The first-order valence-electron chi connectivity index (χ1n) is 10.2. The summed E-state index contributed by atoms with van der Waals surface area (Å²) >= 11 is 0. The predicted octanol–water partition coefficient (Wildman–Crippen LogP) is 7.41. The fourth-order valence-corrected chi connectivity index (χ4v) is 3.40. The van der Waals surface area contributed by atoms with Crippen molar-refractivity contribution in [3.8, 4) is 0 Å². The van der Waals surface area contributed by atoms with Gasteiger partial charge in [-0.2, -0.15) is 54.2 Å². The van der Waals surface area contributed by atoms with Crippen molar-refractivity contribution < 1.29 is 40.8 Å². The van der Waals surface area contributed by atoms with Crippen molar-refractivity contribution in [2.24, 2.45) is 0 Å². The summed E-state index contributed by atoms with van der Waals surface area (Å²) in [6, 6.07) is 25.1. The van der Waals surface area contributed by atoms with Crippen molar-refractivity contribution in [1.82, 2.24) is 0 Å². The molecule has 0 nitrogen and oxygen atoms in total. The summed E-state index contributed by atoms with van der Waals surface area (Å²) in [6.45, 7) is 0. The SMILES string of the molecule is [CH]1C=Cc2ccccc2[CH-]1.[CH]1C=Cc2ccccc2[CH-]1.[CH]1C=Cc2ccccc2[CH-]1.[Nd+3]. The molecule has 3 aromatic rings. The molecule has 3 aromatic carbocycles. The Labute approximate surface area is 220 Å². The Hall–Kier alpha value is -2.16. The second-order valence-corrected chi connectivity index (χ2v) is 7.04. The van der Waals surface area contributed by atoms with Crippen LogP contribution in [0.4, 0.5) is 0 Å². The molecule has 31 heavy (non-hydrogen) atoms. The van der Waals surface area contributed by atoms with Crippen molar-refractivity contribution >= 4 is 18.2 Å². The molecule has 0 fully saturated rings. The molecule has 0 spiro atoms. The maximum Gasteiger partial charge on any atom is 3.00 e. The molecule has 4 radical (unpaired) electrons. The van der Waals surface area contributed by atoms with Crippen LogP contribution in [0, 0.1) is 79.4 Å². The van der Waals surface area contributed by atoms with E-state index < -0.39 is 0 Å². The predicted molar refractivity (Wildman–Crippen MR) is 130 cm³/mol. The molecule has 0 saturated carbocycles. The Balaban J connectivity index is 0.000000130. The number of hydrogen-bond acceptors (Lipinski definition) is 0. The monoisotopic (exact) mass is 526 g/mol. The first-order valence-corrected chi connectivity index (χ1v) is 10.2. The molecule has 0 heterocycles. The standard InChI is InChI=1S/3C10H8.Nd/c3*1-2-6-10-8-4-3-7-9(10)5-1;/h3*1-8H;/q3*-1;+3. The smallest absolute Gasteiger partial charge is 0.184 e. The molecule has 0 atom stereocenters. The normalized spacial score (nSPS) is 13.5. The van der Waals surface area contributed by atoms with Crippen LogP contribution in [0.2, 0.25) is 0 Å². The van der Waals surface area contributed by atoms with E-state index in [-0.39, 0.29) is 40.8 Å². The van der Waals surface area contributed by atoms with Crippen LogP contribution >= 0.6 is 0 Å². The van der Waals surface area contributed by atoms with Crippen LogP contribution in [0.15, 0.2) is 91.0 Å². The van der Waals surface area contributed by atoms with Gasteiger partial charge in [0.15, 0.2) is 0 Å². The topological polar surface area (TPSA) is 0 Å². The molecule has 0 aromatic heterocycles. The molecule has 0 aliphatic heterocycles. The van der Waals surface area contributed by atoms with E-state index >= 15 is 0 Å². The van der Waals surface area contributed by atoms with Crippen molar-refractivity contribution in [1.29, 1.82) is 0 Å². The third-order valence-corrected chi connectivity index (χ3v) is 4.98. The summed E-state index contributed by atoms with van der Waals surface area (Å²) in [5.41, 5.74) is 7.86. The van der Waals surface area contributed by atoms with E-state index in [1.54, 1.807) is 0 Å². The summed E-state index contributed by atoms with van der Waals surface area (Å²) in [6.07, 6.45) is 25.1. The molecule has 0 saturated heterocycles. The Morgan fingerprint density at radius 3 is 0.968 bits per heavy atom. The zero-order valence-corrected chi connectivity index (χ0v) is 20.6. The van der Waals surface area contributed by atoms with E-state index in [4.69, 9.17) is 0 Å². The zero-order chi connectivity index (χ0) is 20.4. The molecule has 0 amide bonds. The van der Waals surface area contributed by atoms with Gasteiger partial charge < -0.3 is 0 Å². The van der Waals surface area contributed by atoms with Gasteiger partial charge in [-0.3, -0.25) is 0 Å². The quantitative estimate of drug-likeness (QED) is 0.267. The van der Waals surface area contributed by atoms with Gasteiger partial charge >= 0.3 is 40.8 Å². The van der Waals surface area contributed by atoms with Gasteiger partial charge in [0.05, 0.1) is 0 Å². The minimum Gasteiger partial charge on any atom is -0.184 e. The second-order valence-electron chi connectivity index (χ2n) is 7.04. The van der Waals surface area contributed by atoms with Crippen LogP contribution in [-0.4, -0.2) is 0 Å². The van der Waals surface area contributed by atoms with Crippen LogP contribution in [0.25, 0.3) is 18.2 Å². The van der Waals surface area contributed by atoms with Gasteiger partial charge in [0.2, 0.25) is 0 Å². The number of allylic oxidation sites excluding steroid dienone is 3. The fourth-order valence-electron chi connectivity index (χ4n) is 3.40. The van der Waals surface area contributed by atoms with Gasteiger partial charge in [0, 0.05) is 0 Å². The summed E-state index contributed by atoms with van der Waals surface area (Å²) in [7, 11) is 0. The first-order chi connectivity index (χ1) is 14.9. The summed E-state index contributed by atoms with van der Waals surface area (Å²) in [5, 5.41) is 0. The van der Waals surface area contributed by atoms with Crippen molar-refractivity contribution in [2.45, 2.75) is 0 Å². The average Bonchev–Trinajstić information content (AvgIpc) is 2.85. The maximum absolute atomic E-state index is 2.12. The van der Waals surface area contributed by atoms with Crippen molar-refractivity contribution in [3.05, 3.63) is 163 Å². The summed E-state index contributed by atoms with van der Waals surface area (Å²) in [5.74, 6) is 0. The Bertz CT molecular complexity index is 919. The summed E-state index contributed by atoms with van der Waals surface area (Å²) < 4.78 is 0. The third kappa shape index (κ3) is 6.92. The van der Waals surface area contributed by atoms with Crippen LogP contribution < -0.4 is 0 Å². The minimum absolute atomic E-state index is 0. The van der Waals surface area contributed by atoms with E-state index in [1.807, 2.05) is 0 Å². The third-order valence-electron chi connectivity index (χ3n) is 4.98. The van der Waals surface area contributed by atoms with E-state index in [0.717, 1.165) is 0 Å². The van der Waals surface area contributed by atoms with Gasteiger partial charge in [-0.05, 0) is 0 Å². The molecular formula is C30H24Nd. The molecule has 148 valence electrons. The molecule has 0 unspecified atom stereocenters. The van der Waals surface area contributed by atoms with Crippen LogP contribution in [0.3, 0.4) is 0 Å². The molecule has 1 heteroatoms. The van der Waals surface area contributed by atoms with Crippen LogP contribution in [-0.2, 0) is 0 Å². The molecule has 3 aliphatic rings. The number of hydrogen-bond donors (Lipinski definition) is 0. The first kappa shape index (κ1) is 23.5. The Kier molecular flexibility index (Phi) is 9.58. The van der Waals surface area contributed by atoms with Crippen LogP contribution in [0.1, 0.15) is 33.4 Å². The van der Waals surface area contributed by atoms with Gasteiger partial charge in [0.1, 0.15) is 0 Å². The second kappa shape index (κ2) is 12.6. The maximum atomic E-state index is 2.12. The van der Waals surface area contributed by atoms with Crippen molar-refractivity contribution in [3.63, 3.8) is 0 Å². The summed E-state index contributed by atoms with van der Waals surface area (Å²) in [4.78, 5) is 0. The largest absolute Gasteiger partial charge is 3.00 e. The van der Waals surface area contributed by atoms with Crippen LogP contribution in [0.5, 0.6) is 0 Å². The molecule has 0 bridgehead atoms. The van der Waals surface area contributed by atoms with Gasteiger partial charge in [0.25, 0.3) is 0 Å². The fraction of sp³-hybridized carbons (Fsp3) is 0. The Morgan fingerprint density at radius 1 is 0.387 bits per heavy atom. The number of fused-ring (bicyclic) bond motifs is 3. The zero-order valence-electron chi connectivity index (χ0n) is 17.4. The van der Waals surface area contributed by atoms with E-state index in [1.165, 1.54) is 33.4 Å².